The lowest BCUT2D eigenvalue weighted by molar-refractivity contribution is -0.137. The molecule has 0 amide bonds. The van der Waals surface area contributed by atoms with E-state index in [0.29, 0.717) is 6.42 Å². The zero-order valence-corrected chi connectivity index (χ0v) is 5.40. The summed E-state index contributed by atoms with van der Waals surface area (Å²) in [5.74, 6) is -0.711. The fourth-order valence-electron chi connectivity index (χ4n) is 0.214. The van der Waals surface area contributed by atoms with Crippen LogP contribution in [0.4, 0.5) is 4.70 Å². The summed E-state index contributed by atoms with van der Waals surface area (Å²) in [4.78, 5) is 9.60. The molecule has 0 unspecified atom stereocenters. The molecule has 2 nitrogen and oxygen atoms in total. The Morgan fingerprint density at radius 1 is 1.62 bits per heavy atom. The van der Waals surface area contributed by atoms with Crippen molar-refractivity contribution in [1.82, 2.24) is 0 Å². The van der Waals surface area contributed by atoms with E-state index in [4.69, 9.17) is 5.11 Å². The summed E-state index contributed by atoms with van der Waals surface area (Å²) in [6.45, 7) is 1.84. The number of carbonyl (C=O) groups is 1. The topological polar surface area (TPSA) is 37.3 Å². The van der Waals surface area contributed by atoms with Gasteiger partial charge in [-0.2, -0.15) is 0 Å². The molecule has 1 N–H and O–H groups in total. The maximum atomic E-state index is 9.60. The quantitative estimate of drug-likeness (QED) is 0.637. The minimum atomic E-state index is -0.711. The molecule has 0 aromatic heterocycles. The molecular weight excluding hydrogens is 134 g/mol. The van der Waals surface area contributed by atoms with E-state index in [1.54, 1.807) is 0 Å². The molecule has 0 aliphatic heterocycles. The highest BCUT2D eigenvalue weighted by Crippen LogP contribution is 1.82. The van der Waals surface area contributed by atoms with Crippen LogP contribution in [0.25, 0.3) is 0 Å². The third-order valence-electron chi connectivity index (χ3n) is 0.464. The molecule has 0 saturated heterocycles. The number of hydrogen-bond donors (Lipinski definition) is 1. The maximum absolute atomic E-state index is 9.60. The third kappa shape index (κ3) is 17.3. The molecule has 0 heterocycles. The van der Waals surface area contributed by atoms with Crippen LogP contribution >= 0.6 is 12.4 Å². The van der Waals surface area contributed by atoms with Crippen molar-refractivity contribution in [3.63, 3.8) is 0 Å². The van der Waals surface area contributed by atoms with Gasteiger partial charge in [-0.1, -0.05) is 6.92 Å². The van der Waals surface area contributed by atoms with Gasteiger partial charge in [-0.15, -0.1) is 12.4 Å². The van der Waals surface area contributed by atoms with Crippen molar-refractivity contribution in [2.75, 3.05) is 0 Å². The molecule has 0 spiro atoms. The number of rotatable bonds is 2. The molecule has 0 fully saturated rings. The molecule has 0 rings (SSSR count). The number of carboxylic acid groups (broad SMARTS) is 1. The Hall–Kier alpha value is -0.310. The Morgan fingerprint density at radius 3 is 2.00 bits per heavy atom. The van der Waals surface area contributed by atoms with Gasteiger partial charge in [0.05, 0.1) is 0 Å². The Balaban J connectivity index is -0.000000125. The van der Waals surface area contributed by atoms with Crippen LogP contribution in [-0.4, -0.2) is 11.1 Å². The van der Waals surface area contributed by atoms with Crippen molar-refractivity contribution in [3.8, 4) is 0 Å². The number of hydrogen-bond acceptors (Lipinski definition) is 1. The summed E-state index contributed by atoms with van der Waals surface area (Å²) in [6.07, 6.45) is 1.02. The molecule has 0 aromatic carbocycles. The average molecular weight is 145 g/mol. The van der Waals surface area contributed by atoms with E-state index in [9.17, 15) is 4.79 Å². The largest absolute Gasteiger partial charge is 0.481 e. The number of halogens is 2. The van der Waals surface area contributed by atoms with Crippen molar-refractivity contribution < 1.29 is 14.6 Å². The summed E-state index contributed by atoms with van der Waals surface area (Å²) in [7, 11) is 0. The van der Waals surface area contributed by atoms with Gasteiger partial charge in [0.15, 0.2) is 0 Å². The molecule has 0 bridgehead atoms. The van der Waals surface area contributed by atoms with E-state index in [1.165, 1.54) is 0 Å². The van der Waals surface area contributed by atoms with Crippen LogP contribution in [0.15, 0.2) is 0 Å². The van der Waals surface area contributed by atoms with E-state index in [2.05, 4.69) is 0 Å². The van der Waals surface area contributed by atoms with Crippen LogP contribution in [0.2, 0.25) is 0 Å². The first-order valence-corrected chi connectivity index (χ1v) is 1.99. The fraction of sp³-hybridized carbons (Fsp3) is 0.750. The fourth-order valence-corrected chi connectivity index (χ4v) is 0.214. The molecular formula is C4H10ClFO2. The van der Waals surface area contributed by atoms with Crippen molar-refractivity contribution in [1.29, 1.82) is 0 Å². The molecule has 0 atom stereocenters. The summed E-state index contributed by atoms with van der Waals surface area (Å²) >= 11 is 0. The SMILES string of the molecule is CCCC(=O)O.Cl.F. The number of aliphatic carboxylic acids is 1. The Kier molecular flexibility index (Phi) is 19.3. The molecule has 8 heavy (non-hydrogen) atoms. The summed E-state index contributed by atoms with van der Waals surface area (Å²) in [6, 6.07) is 0. The van der Waals surface area contributed by atoms with Crippen molar-refractivity contribution in [3.05, 3.63) is 0 Å². The van der Waals surface area contributed by atoms with Crippen LogP contribution in [0.3, 0.4) is 0 Å². The lowest BCUT2D eigenvalue weighted by atomic mass is 10.4. The highest BCUT2D eigenvalue weighted by atomic mass is 35.5. The Bertz CT molecular complexity index is 58.0. The van der Waals surface area contributed by atoms with Crippen LogP contribution in [0.5, 0.6) is 0 Å². The van der Waals surface area contributed by atoms with Gasteiger partial charge in [0.2, 0.25) is 0 Å². The van der Waals surface area contributed by atoms with Crippen molar-refractivity contribution in [2.24, 2.45) is 0 Å². The highest BCUT2D eigenvalue weighted by molar-refractivity contribution is 5.85. The van der Waals surface area contributed by atoms with Gasteiger partial charge in [-0.3, -0.25) is 9.50 Å². The smallest absolute Gasteiger partial charge is 0.303 e. The molecule has 0 saturated carbocycles. The van der Waals surface area contributed by atoms with E-state index in [-0.39, 0.29) is 17.1 Å². The predicted octanol–water partition coefficient (Wildman–Crippen LogP) is 1.45. The van der Waals surface area contributed by atoms with Gasteiger partial charge >= 0.3 is 5.97 Å². The maximum Gasteiger partial charge on any atom is 0.303 e. The van der Waals surface area contributed by atoms with Crippen LogP contribution in [0, 0.1) is 0 Å². The monoisotopic (exact) mass is 144 g/mol. The normalized spacial score (nSPS) is 6.12. The molecule has 0 aliphatic carbocycles. The van der Waals surface area contributed by atoms with E-state index in [1.807, 2.05) is 6.92 Å². The van der Waals surface area contributed by atoms with E-state index >= 15 is 0 Å². The summed E-state index contributed by atoms with van der Waals surface area (Å²) in [5.41, 5.74) is 0. The first kappa shape index (κ1) is 15.6. The second-order valence-electron chi connectivity index (χ2n) is 1.14. The zero-order valence-electron chi connectivity index (χ0n) is 4.59. The molecule has 0 radical (unpaired) electrons. The highest BCUT2D eigenvalue weighted by Gasteiger charge is 1.87. The first-order valence-electron chi connectivity index (χ1n) is 1.99. The van der Waals surface area contributed by atoms with Gasteiger partial charge in [0.1, 0.15) is 0 Å². The minimum absolute atomic E-state index is 0. The van der Waals surface area contributed by atoms with Crippen LogP contribution < -0.4 is 0 Å². The van der Waals surface area contributed by atoms with Gasteiger partial charge in [0.25, 0.3) is 0 Å². The average Bonchev–Trinajstić information content (AvgIpc) is 1.35. The predicted molar refractivity (Wildman–Crippen MR) is 32.3 cm³/mol. The van der Waals surface area contributed by atoms with Crippen LogP contribution in [0.1, 0.15) is 19.8 Å². The van der Waals surface area contributed by atoms with Gasteiger partial charge < -0.3 is 5.11 Å². The van der Waals surface area contributed by atoms with Gasteiger partial charge in [-0.05, 0) is 6.42 Å². The molecule has 0 aliphatic rings. The zero-order chi connectivity index (χ0) is 4.99. The molecule has 52 valence electrons. The standard InChI is InChI=1S/C4H8O2.ClH.FH/c1-2-3-4(5)6;;/h2-3H2,1H3,(H,5,6);2*1H. The van der Waals surface area contributed by atoms with Gasteiger partial charge in [-0.25, -0.2) is 0 Å². The lowest BCUT2D eigenvalue weighted by Gasteiger charge is -1.79. The Labute approximate surface area is 53.7 Å². The summed E-state index contributed by atoms with van der Waals surface area (Å²) < 4.78 is 0. The molecule has 4 heteroatoms. The van der Waals surface area contributed by atoms with Crippen molar-refractivity contribution in [2.45, 2.75) is 19.8 Å². The summed E-state index contributed by atoms with van der Waals surface area (Å²) in [5, 5.41) is 7.91. The van der Waals surface area contributed by atoms with Crippen molar-refractivity contribution >= 4 is 18.4 Å². The second-order valence-corrected chi connectivity index (χ2v) is 1.14. The van der Waals surface area contributed by atoms with E-state index < -0.39 is 5.97 Å². The number of carboxylic acids is 1. The lowest BCUT2D eigenvalue weighted by Crippen LogP contribution is -1.90. The van der Waals surface area contributed by atoms with Crippen LogP contribution in [-0.2, 0) is 4.79 Å². The second kappa shape index (κ2) is 9.85. The molecule has 0 aromatic rings. The minimum Gasteiger partial charge on any atom is -0.481 e. The van der Waals surface area contributed by atoms with E-state index in [0.717, 1.165) is 6.42 Å². The Morgan fingerprint density at radius 2 is 2.00 bits per heavy atom. The van der Waals surface area contributed by atoms with Gasteiger partial charge in [0, 0.05) is 6.42 Å². The third-order valence-corrected chi connectivity index (χ3v) is 0.464. The first-order chi connectivity index (χ1) is 2.77.